The van der Waals surface area contributed by atoms with Crippen LogP contribution < -0.4 is 10.1 Å². The molecule has 0 unspecified atom stereocenters. The molecule has 0 bridgehead atoms. The zero-order chi connectivity index (χ0) is 27.7. The predicted octanol–water partition coefficient (Wildman–Crippen LogP) is 2.58. The number of nitrogens with zero attached hydrogens (tertiary/aromatic N) is 4. The van der Waals surface area contributed by atoms with Gasteiger partial charge in [0.05, 0.1) is 29.8 Å². The minimum Gasteiger partial charge on any atom is -0.438 e. The molecule has 1 aromatic heterocycles. The first kappa shape index (κ1) is 28.0. The highest BCUT2D eigenvalue weighted by atomic mass is 32.2. The highest BCUT2D eigenvalue weighted by molar-refractivity contribution is 7.89. The fraction of sp³-hybridized carbons (Fsp3) is 0.583. The number of carbonyl (C=O) groups excluding carboxylic acids is 1. The number of non-ortho nitro benzene ring substituents is 1. The number of sulfonamides is 1. The monoisotopic (exact) mass is 551 g/mol. The van der Waals surface area contributed by atoms with Crippen LogP contribution in [0.5, 0.6) is 11.6 Å². The van der Waals surface area contributed by atoms with Gasteiger partial charge in [-0.3, -0.25) is 14.9 Å². The third-order valence-corrected chi connectivity index (χ3v) is 8.29. The summed E-state index contributed by atoms with van der Waals surface area (Å²) >= 11 is 0. The molecule has 1 aromatic carbocycles. The minimum atomic E-state index is -4.16. The average Bonchev–Trinajstić information content (AvgIpc) is 3.51. The summed E-state index contributed by atoms with van der Waals surface area (Å²) in [7, 11) is -4.16. The van der Waals surface area contributed by atoms with Crippen LogP contribution in [0.1, 0.15) is 49.7 Å². The van der Waals surface area contributed by atoms with E-state index in [2.05, 4.69) is 10.4 Å². The Balaban J connectivity index is 1.73. The number of benzene rings is 1. The molecule has 2 aromatic rings. The lowest BCUT2D eigenvalue weighted by Gasteiger charge is -2.27. The van der Waals surface area contributed by atoms with Crippen LogP contribution in [0.2, 0.25) is 0 Å². The summed E-state index contributed by atoms with van der Waals surface area (Å²) in [6.45, 7) is 8.91. The van der Waals surface area contributed by atoms with Crippen LogP contribution in [0.15, 0.2) is 23.1 Å². The Hall–Kier alpha value is -3.07. The van der Waals surface area contributed by atoms with Gasteiger partial charge in [-0.1, -0.05) is 0 Å². The first-order chi connectivity index (χ1) is 17.9. The number of morpholine rings is 1. The molecule has 13 nitrogen and oxygen atoms in total. The molecule has 14 heteroatoms. The van der Waals surface area contributed by atoms with Gasteiger partial charge in [-0.2, -0.15) is 9.40 Å². The molecule has 4 rings (SSSR count). The van der Waals surface area contributed by atoms with Crippen LogP contribution in [0, 0.1) is 17.0 Å². The molecular weight excluding hydrogens is 518 g/mol. The molecule has 2 fully saturated rings. The zero-order valence-corrected chi connectivity index (χ0v) is 22.7. The van der Waals surface area contributed by atoms with Crippen LogP contribution in [0.25, 0.3) is 0 Å². The van der Waals surface area contributed by atoms with Crippen LogP contribution in [-0.4, -0.2) is 78.9 Å². The van der Waals surface area contributed by atoms with Gasteiger partial charge in [0.1, 0.15) is 10.6 Å². The van der Waals surface area contributed by atoms with Gasteiger partial charge in [0.25, 0.3) is 11.6 Å². The second-order valence-electron chi connectivity index (χ2n) is 10.2. The van der Waals surface area contributed by atoms with Crippen molar-refractivity contribution in [3.8, 4) is 11.6 Å². The molecule has 1 amide bonds. The fourth-order valence-electron chi connectivity index (χ4n) is 4.29. The molecule has 0 spiro atoms. The molecule has 38 heavy (non-hydrogen) atoms. The van der Waals surface area contributed by atoms with E-state index in [1.807, 2.05) is 20.8 Å². The number of nitro benzene ring substituents is 1. The SMILES string of the molecule is Cc1c(C(=O)NC[C@@H]2CCCO2)nn(C(C)(C)C)c1Oc1ccc([N+](=O)[O-])cc1S(=O)(=O)N1CCOCC1. The Morgan fingerprint density at radius 1 is 1.26 bits per heavy atom. The summed E-state index contributed by atoms with van der Waals surface area (Å²) in [6, 6.07) is 3.42. The van der Waals surface area contributed by atoms with Crippen LogP contribution in [0.3, 0.4) is 0 Å². The van der Waals surface area contributed by atoms with E-state index in [1.165, 1.54) is 21.1 Å². The minimum absolute atomic E-state index is 0.0484. The van der Waals surface area contributed by atoms with Crippen LogP contribution in [0.4, 0.5) is 5.69 Å². The van der Waals surface area contributed by atoms with Crippen molar-refractivity contribution in [2.24, 2.45) is 0 Å². The lowest BCUT2D eigenvalue weighted by molar-refractivity contribution is -0.385. The number of hydrogen-bond acceptors (Lipinski definition) is 9. The largest absolute Gasteiger partial charge is 0.438 e. The number of ether oxygens (including phenoxy) is 3. The van der Waals surface area contributed by atoms with Crippen molar-refractivity contribution >= 4 is 21.6 Å². The maximum atomic E-state index is 13.5. The fourth-order valence-corrected chi connectivity index (χ4v) is 5.83. The van der Waals surface area contributed by atoms with Gasteiger partial charge in [-0.25, -0.2) is 13.1 Å². The molecule has 1 atom stereocenters. The molecule has 2 saturated heterocycles. The normalized spacial score (nSPS) is 18.9. The number of nitro groups is 1. The Kier molecular flexibility index (Phi) is 8.06. The number of nitrogens with one attached hydrogen (secondary N) is 1. The van der Waals surface area contributed by atoms with Gasteiger partial charge in [0, 0.05) is 43.9 Å². The second kappa shape index (κ2) is 11.0. The standard InChI is InChI=1S/C24H33N5O8S/c1-16-21(22(30)25-15-18-6-5-11-36-18)26-28(24(2,3)4)23(16)37-19-8-7-17(29(31)32)14-20(19)38(33,34)27-9-12-35-13-10-27/h7-8,14,18H,5-6,9-13,15H2,1-4H3,(H,25,30)/t18-/m0/s1. The van der Waals surface area contributed by atoms with E-state index in [0.29, 0.717) is 18.7 Å². The first-order valence-corrected chi connectivity index (χ1v) is 13.9. The van der Waals surface area contributed by atoms with Gasteiger partial charge in [-0.05, 0) is 46.6 Å². The predicted molar refractivity (Wildman–Crippen MR) is 136 cm³/mol. The topological polar surface area (TPSA) is 155 Å². The van der Waals surface area contributed by atoms with Crippen molar-refractivity contribution in [2.45, 2.75) is 57.1 Å². The van der Waals surface area contributed by atoms with E-state index >= 15 is 0 Å². The van der Waals surface area contributed by atoms with E-state index in [0.717, 1.165) is 18.9 Å². The molecule has 2 aliphatic heterocycles. The van der Waals surface area contributed by atoms with Crippen molar-refractivity contribution in [3.05, 3.63) is 39.6 Å². The van der Waals surface area contributed by atoms with E-state index < -0.39 is 26.4 Å². The molecular formula is C24H33N5O8S. The van der Waals surface area contributed by atoms with Crippen molar-refractivity contribution in [1.82, 2.24) is 19.4 Å². The molecule has 0 aliphatic carbocycles. The quantitative estimate of drug-likeness (QED) is 0.385. The molecule has 0 saturated carbocycles. The van der Waals surface area contributed by atoms with Crippen molar-refractivity contribution < 1.29 is 32.3 Å². The summed E-state index contributed by atoms with van der Waals surface area (Å²) in [4.78, 5) is 23.5. The van der Waals surface area contributed by atoms with E-state index in [-0.39, 0.29) is 60.3 Å². The van der Waals surface area contributed by atoms with Crippen LogP contribution in [-0.2, 0) is 25.0 Å². The number of amides is 1. The first-order valence-electron chi connectivity index (χ1n) is 12.4. The van der Waals surface area contributed by atoms with E-state index in [9.17, 15) is 23.3 Å². The summed E-state index contributed by atoms with van der Waals surface area (Å²) in [6.07, 6.45) is 1.76. The van der Waals surface area contributed by atoms with E-state index in [1.54, 1.807) is 6.92 Å². The highest BCUT2D eigenvalue weighted by Gasteiger charge is 2.34. The van der Waals surface area contributed by atoms with Crippen molar-refractivity contribution in [1.29, 1.82) is 0 Å². The summed E-state index contributed by atoms with van der Waals surface area (Å²) in [5.41, 5.74) is -0.498. The smallest absolute Gasteiger partial charge is 0.272 e. The van der Waals surface area contributed by atoms with Gasteiger partial charge in [-0.15, -0.1) is 0 Å². The van der Waals surface area contributed by atoms with Crippen molar-refractivity contribution in [2.75, 3.05) is 39.5 Å². The Morgan fingerprint density at radius 3 is 2.58 bits per heavy atom. The van der Waals surface area contributed by atoms with Gasteiger partial charge >= 0.3 is 0 Å². The summed E-state index contributed by atoms with van der Waals surface area (Å²) in [5, 5.41) is 18.8. The molecule has 2 aliphatic rings. The van der Waals surface area contributed by atoms with Gasteiger partial charge in [0.2, 0.25) is 15.9 Å². The number of carbonyl (C=O) groups is 1. The lowest BCUT2D eigenvalue weighted by Crippen LogP contribution is -2.40. The Morgan fingerprint density at radius 2 is 1.97 bits per heavy atom. The Bertz CT molecular complexity index is 1310. The molecule has 208 valence electrons. The number of rotatable bonds is 8. The number of aromatic nitrogens is 2. The third kappa shape index (κ3) is 5.82. The number of hydrogen-bond donors (Lipinski definition) is 1. The maximum Gasteiger partial charge on any atom is 0.272 e. The van der Waals surface area contributed by atoms with E-state index in [4.69, 9.17) is 14.2 Å². The molecule has 0 radical (unpaired) electrons. The lowest BCUT2D eigenvalue weighted by atomic mass is 10.1. The molecule has 1 N–H and O–H groups in total. The Labute approximate surface area is 221 Å². The van der Waals surface area contributed by atoms with Gasteiger partial charge < -0.3 is 19.5 Å². The zero-order valence-electron chi connectivity index (χ0n) is 21.9. The second-order valence-corrected chi connectivity index (χ2v) is 12.1. The summed E-state index contributed by atoms with van der Waals surface area (Å²) in [5.74, 6) is -0.357. The van der Waals surface area contributed by atoms with Gasteiger partial charge in [0.15, 0.2) is 5.69 Å². The van der Waals surface area contributed by atoms with Crippen LogP contribution >= 0.6 is 0 Å². The highest BCUT2D eigenvalue weighted by Crippen LogP contribution is 2.37. The summed E-state index contributed by atoms with van der Waals surface area (Å²) < 4.78 is 46.8. The van der Waals surface area contributed by atoms with Crippen molar-refractivity contribution in [3.63, 3.8) is 0 Å². The molecule has 3 heterocycles. The maximum absolute atomic E-state index is 13.5. The average molecular weight is 552 g/mol. The third-order valence-electron chi connectivity index (χ3n) is 6.37.